The van der Waals surface area contributed by atoms with E-state index in [0.29, 0.717) is 12.0 Å². The van der Waals surface area contributed by atoms with Crippen LogP contribution in [0.25, 0.3) is 0 Å². The largest absolute Gasteiger partial charge is 0.384 e. The summed E-state index contributed by atoms with van der Waals surface area (Å²) in [6.45, 7) is 9.54. The molecule has 0 N–H and O–H groups in total. The first kappa shape index (κ1) is 19.5. The Hall–Kier alpha value is -1.82. The molecule has 5 nitrogen and oxygen atoms in total. The normalized spacial score (nSPS) is 19.6. The summed E-state index contributed by atoms with van der Waals surface area (Å²) in [4.78, 5) is 14.1. The molecule has 0 amide bonds. The van der Waals surface area contributed by atoms with E-state index in [2.05, 4.69) is 51.0 Å². The third-order valence-electron chi connectivity index (χ3n) is 6.20. The Morgan fingerprint density at radius 2 is 1.61 bits per heavy atom. The highest BCUT2D eigenvalue weighted by Gasteiger charge is 2.45. The molecule has 28 heavy (non-hydrogen) atoms. The van der Waals surface area contributed by atoms with Crippen LogP contribution >= 0.6 is 0 Å². The van der Waals surface area contributed by atoms with E-state index in [1.165, 1.54) is 36.1 Å². The number of methoxy groups -OCH3 is 1. The molecule has 2 aromatic rings. The first-order valence-corrected chi connectivity index (χ1v) is 10.5. The fourth-order valence-corrected chi connectivity index (χ4v) is 4.17. The molecule has 0 unspecified atom stereocenters. The minimum atomic E-state index is 0.418. The van der Waals surface area contributed by atoms with Crippen molar-refractivity contribution in [3.8, 4) is 0 Å². The van der Waals surface area contributed by atoms with Gasteiger partial charge in [0.1, 0.15) is 5.82 Å². The van der Waals surface area contributed by atoms with Crippen molar-refractivity contribution in [1.29, 1.82) is 0 Å². The highest BCUT2D eigenvalue weighted by molar-refractivity contribution is 5.34. The van der Waals surface area contributed by atoms with Crippen LogP contribution in [-0.2, 0) is 23.1 Å². The quantitative estimate of drug-likeness (QED) is 0.704. The average molecular weight is 381 g/mol. The van der Waals surface area contributed by atoms with Crippen molar-refractivity contribution >= 4 is 0 Å². The highest BCUT2D eigenvalue weighted by atomic mass is 16.5. The zero-order valence-electron chi connectivity index (χ0n) is 17.2. The van der Waals surface area contributed by atoms with E-state index in [9.17, 15) is 0 Å². The molecule has 1 aliphatic carbocycles. The van der Waals surface area contributed by atoms with Crippen LogP contribution in [0, 0.1) is 6.92 Å². The maximum atomic E-state index is 5.09. The molecule has 0 radical (unpaired) electrons. The highest BCUT2D eigenvalue weighted by Crippen LogP contribution is 2.48. The SMILES string of the molecule is COCCc1ncc(CN2CCN(CC3(c4ccc(C)cc4)CC3)CC2)cn1. The van der Waals surface area contributed by atoms with Crippen LogP contribution in [0.4, 0.5) is 0 Å². The van der Waals surface area contributed by atoms with Crippen LogP contribution in [0.1, 0.15) is 35.4 Å². The lowest BCUT2D eigenvalue weighted by Gasteiger charge is -2.36. The van der Waals surface area contributed by atoms with E-state index in [4.69, 9.17) is 4.74 Å². The molecule has 1 aliphatic heterocycles. The van der Waals surface area contributed by atoms with Crippen molar-refractivity contribution in [3.05, 3.63) is 59.2 Å². The smallest absolute Gasteiger partial charge is 0.130 e. The minimum Gasteiger partial charge on any atom is -0.384 e. The summed E-state index contributed by atoms with van der Waals surface area (Å²) in [5, 5.41) is 0. The number of aryl methyl sites for hydroxylation is 1. The summed E-state index contributed by atoms with van der Waals surface area (Å²) >= 11 is 0. The second kappa shape index (κ2) is 8.68. The molecule has 2 heterocycles. The van der Waals surface area contributed by atoms with Crippen LogP contribution < -0.4 is 0 Å². The van der Waals surface area contributed by atoms with E-state index < -0.39 is 0 Å². The number of piperazine rings is 1. The van der Waals surface area contributed by atoms with Gasteiger partial charge in [0.2, 0.25) is 0 Å². The molecule has 1 aromatic carbocycles. The summed E-state index contributed by atoms with van der Waals surface area (Å²) in [5.74, 6) is 0.862. The van der Waals surface area contributed by atoms with Gasteiger partial charge in [0, 0.05) is 76.2 Å². The van der Waals surface area contributed by atoms with E-state index in [1.54, 1.807) is 7.11 Å². The second-order valence-electron chi connectivity index (χ2n) is 8.45. The van der Waals surface area contributed by atoms with Gasteiger partial charge in [-0.1, -0.05) is 29.8 Å². The van der Waals surface area contributed by atoms with Gasteiger partial charge in [-0.2, -0.15) is 0 Å². The van der Waals surface area contributed by atoms with Gasteiger partial charge in [0.05, 0.1) is 6.61 Å². The molecular weight excluding hydrogens is 348 g/mol. The van der Waals surface area contributed by atoms with Gasteiger partial charge >= 0.3 is 0 Å². The van der Waals surface area contributed by atoms with E-state index in [-0.39, 0.29) is 0 Å². The molecule has 1 aromatic heterocycles. The first-order chi connectivity index (χ1) is 13.7. The average Bonchev–Trinajstić information content (AvgIpc) is 3.50. The lowest BCUT2D eigenvalue weighted by atomic mass is 9.94. The van der Waals surface area contributed by atoms with Crippen molar-refractivity contribution in [2.45, 2.75) is 38.1 Å². The molecule has 1 saturated heterocycles. The lowest BCUT2D eigenvalue weighted by molar-refractivity contribution is 0.119. The summed E-state index contributed by atoms with van der Waals surface area (Å²) in [6, 6.07) is 9.20. The monoisotopic (exact) mass is 380 g/mol. The van der Waals surface area contributed by atoms with Crippen LogP contribution in [0.15, 0.2) is 36.7 Å². The van der Waals surface area contributed by atoms with E-state index in [1.807, 2.05) is 12.4 Å². The van der Waals surface area contributed by atoms with Gasteiger partial charge in [0.15, 0.2) is 0 Å². The molecule has 2 aliphatic rings. The Morgan fingerprint density at radius 1 is 0.964 bits per heavy atom. The maximum absolute atomic E-state index is 5.09. The van der Waals surface area contributed by atoms with Crippen molar-refractivity contribution in [3.63, 3.8) is 0 Å². The number of nitrogens with zero attached hydrogens (tertiary/aromatic N) is 4. The predicted molar refractivity (Wildman–Crippen MR) is 111 cm³/mol. The van der Waals surface area contributed by atoms with Gasteiger partial charge in [-0.3, -0.25) is 9.80 Å². The molecule has 0 bridgehead atoms. The summed E-state index contributed by atoms with van der Waals surface area (Å²) in [6.07, 6.45) is 7.39. The standard InChI is InChI=1S/C23H32N4O/c1-19-3-5-21(6-4-19)23(8-9-23)18-27-12-10-26(11-13-27)17-20-15-24-22(25-16-20)7-14-28-2/h3-6,15-16H,7-14,17-18H2,1-2H3. The van der Waals surface area contributed by atoms with Gasteiger partial charge in [0.25, 0.3) is 0 Å². The molecule has 5 heteroatoms. The van der Waals surface area contributed by atoms with Crippen LogP contribution in [0.5, 0.6) is 0 Å². The van der Waals surface area contributed by atoms with Gasteiger partial charge in [-0.25, -0.2) is 9.97 Å². The molecule has 0 spiro atoms. The molecule has 0 atom stereocenters. The molecule has 4 rings (SSSR count). The summed E-state index contributed by atoms with van der Waals surface area (Å²) < 4.78 is 5.09. The van der Waals surface area contributed by atoms with Gasteiger partial charge in [-0.15, -0.1) is 0 Å². The fourth-order valence-electron chi connectivity index (χ4n) is 4.17. The summed E-state index contributed by atoms with van der Waals surface area (Å²) in [5.41, 5.74) is 4.50. The van der Waals surface area contributed by atoms with Crippen molar-refractivity contribution in [1.82, 2.24) is 19.8 Å². The Morgan fingerprint density at radius 3 is 2.21 bits per heavy atom. The van der Waals surface area contributed by atoms with Crippen molar-refractivity contribution in [2.75, 3.05) is 46.4 Å². The minimum absolute atomic E-state index is 0.418. The number of hydrogen-bond donors (Lipinski definition) is 0. The maximum Gasteiger partial charge on any atom is 0.130 e. The zero-order chi connectivity index (χ0) is 19.4. The summed E-state index contributed by atoms with van der Waals surface area (Å²) in [7, 11) is 1.71. The van der Waals surface area contributed by atoms with Crippen LogP contribution in [-0.4, -0.2) is 66.2 Å². The number of ether oxygens (including phenoxy) is 1. The van der Waals surface area contributed by atoms with Gasteiger partial charge in [-0.05, 0) is 25.3 Å². The van der Waals surface area contributed by atoms with Crippen molar-refractivity contribution < 1.29 is 4.74 Å². The van der Waals surface area contributed by atoms with Crippen molar-refractivity contribution in [2.24, 2.45) is 0 Å². The zero-order valence-corrected chi connectivity index (χ0v) is 17.2. The third-order valence-corrected chi connectivity index (χ3v) is 6.20. The molecule has 2 fully saturated rings. The molecule has 150 valence electrons. The number of benzene rings is 1. The first-order valence-electron chi connectivity index (χ1n) is 10.5. The van der Waals surface area contributed by atoms with Gasteiger partial charge < -0.3 is 4.74 Å². The Bertz CT molecular complexity index is 747. The lowest BCUT2D eigenvalue weighted by Crippen LogP contribution is -2.48. The third kappa shape index (κ3) is 4.77. The topological polar surface area (TPSA) is 41.5 Å². The van der Waals surface area contributed by atoms with E-state index in [0.717, 1.165) is 45.0 Å². The Kier molecular flexibility index (Phi) is 6.04. The fraction of sp³-hybridized carbons (Fsp3) is 0.565. The molecular formula is C23H32N4O. The van der Waals surface area contributed by atoms with E-state index >= 15 is 0 Å². The van der Waals surface area contributed by atoms with Crippen LogP contribution in [0.2, 0.25) is 0 Å². The number of rotatable bonds is 8. The molecule has 1 saturated carbocycles. The Labute approximate surface area is 168 Å². The Balaban J connectivity index is 1.25. The number of aromatic nitrogens is 2. The second-order valence-corrected chi connectivity index (χ2v) is 8.45. The number of hydrogen-bond acceptors (Lipinski definition) is 5. The predicted octanol–water partition coefficient (Wildman–Crippen LogP) is 2.82. The van der Waals surface area contributed by atoms with Crippen LogP contribution in [0.3, 0.4) is 0 Å².